The Morgan fingerprint density at radius 1 is 0.964 bits per heavy atom. The molecule has 0 atom stereocenters. The third-order valence-electron chi connectivity index (χ3n) is 4.45. The molecule has 0 spiro atoms. The Hall–Kier alpha value is -3.46. The minimum absolute atomic E-state index is 0.305. The highest BCUT2D eigenvalue weighted by Crippen LogP contribution is 2.29. The van der Waals surface area contributed by atoms with Crippen molar-refractivity contribution in [3.05, 3.63) is 65.6 Å². The molecule has 0 saturated carbocycles. The molecule has 0 unspecified atom stereocenters. The maximum atomic E-state index is 13.5. The van der Waals surface area contributed by atoms with Gasteiger partial charge in [0.25, 0.3) is 0 Å². The van der Waals surface area contributed by atoms with Crippen LogP contribution in [0.15, 0.2) is 48.5 Å². The molecule has 0 aliphatic heterocycles. The Morgan fingerprint density at radius 3 is 2.57 bits per heavy atom. The summed E-state index contributed by atoms with van der Waals surface area (Å²) in [5.74, 6) is 0.199. The number of hydrogen-bond donors (Lipinski definition) is 0. The lowest BCUT2D eigenvalue weighted by Gasteiger charge is -2.03. The first kappa shape index (κ1) is 16.7. The highest BCUT2D eigenvalue weighted by atomic mass is 32.1. The van der Waals surface area contributed by atoms with Gasteiger partial charge < -0.3 is 0 Å². The third-order valence-corrected chi connectivity index (χ3v) is 5.40. The molecular formula is C19H14FN7S. The van der Waals surface area contributed by atoms with Gasteiger partial charge in [0.1, 0.15) is 10.8 Å². The van der Waals surface area contributed by atoms with Crippen LogP contribution in [0.2, 0.25) is 0 Å². The van der Waals surface area contributed by atoms with Gasteiger partial charge in [0.05, 0.1) is 11.4 Å². The minimum atomic E-state index is -0.305. The summed E-state index contributed by atoms with van der Waals surface area (Å²) in [6.45, 7) is 3.96. The maximum absolute atomic E-state index is 13.5. The fourth-order valence-corrected chi connectivity index (χ4v) is 3.81. The topological polar surface area (TPSA) is 73.8 Å². The Morgan fingerprint density at radius 2 is 1.79 bits per heavy atom. The van der Waals surface area contributed by atoms with Gasteiger partial charge >= 0.3 is 0 Å². The average molecular weight is 391 g/mol. The van der Waals surface area contributed by atoms with Crippen molar-refractivity contribution < 1.29 is 4.39 Å². The molecule has 28 heavy (non-hydrogen) atoms. The summed E-state index contributed by atoms with van der Waals surface area (Å²) in [6.07, 6.45) is 0. The van der Waals surface area contributed by atoms with Crippen LogP contribution in [0, 0.1) is 19.7 Å². The number of nitrogens with zero attached hydrogens (tertiary/aromatic N) is 7. The molecule has 5 rings (SSSR count). The monoisotopic (exact) mass is 391 g/mol. The maximum Gasteiger partial charge on any atom is 0.235 e. The zero-order valence-corrected chi connectivity index (χ0v) is 15.9. The smallest absolute Gasteiger partial charge is 0.217 e. The predicted octanol–water partition coefficient (Wildman–Crippen LogP) is 3.86. The van der Waals surface area contributed by atoms with Gasteiger partial charge in [-0.25, -0.2) is 9.07 Å². The van der Waals surface area contributed by atoms with E-state index in [4.69, 9.17) is 0 Å². The zero-order chi connectivity index (χ0) is 19.3. The molecule has 138 valence electrons. The highest BCUT2D eigenvalue weighted by molar-refractivity contribution is 7.19. The number of hydrogen-bond acceptors (Lipinski definition) is 6. The molecule has 0 bridgehead atoms. The number of halogens is 1. The van der Waals surface area contributed by atoms with E-state index in [1.165, 1.54) is 29.0 Å². The van der Waals surface area contributed by atoms with Gasteiger partial charge in [-0.05, 0) is 38.1 Å². The van der Waals surface area contributed by atoms with Crippen molar-refractivity contribution in [3.63, 3.8) is 0 Å². The molecular weight excluding hydrogens is 377 g/mol. The molecule has 0 saturated heterocycles. The molecule has 9 heteroatoms. The Bertz CT molecular complexity index is 1300. The summed E-state index contributed by atoms with van der Waals surface area (Å²) < 4.78 is 16.9. The SMILES string of the molecule is Cc1ccc(-n2nnc(-c3nnc4sc(-c5cccc(F)c5)nn34)c2C)cc1. The quantitative estimate of drug-likeness (QED) is 0.467. The molecule has 5 aromatic rings. The van der Waals surface area contributed by atoms with E-state index in [-0.39, 0.29) is 5.82 Å². The number of rotatable bonds is 3. The van der Waals surface area contributed by atoms with Crippen LogP contribution in [0.3, 0.4) is 0 Å². The van der Waals surface area contributed by atoms with Crippen molar-refractivity contribution in [2.24, 2.45) is 0 Å². The number of fused-ring (bicyclic) bond motifs is 1. The van der Waals surface area contributed by atoms with Crippen molar-refractivity contribution in [3.8, 4) is 27.8 Å². The molecule has 0 aliphatic rings. The van der Waals surface area contributed by atoms with Crippen molar-refractivity contribution in [2.45, 2.75) is 13.8 Å². The van der Waals surface area contributed by atoms with Crippen LogP contribution in [0.1, 0.15) is 11.3 Å². The molecule has 0 amide bonds. The van der Waals surface area contributed by atoms with Crippen molar-refractivity contribution in [2.75, 3.05) is 0 Å². The van der Waals surface area contributed by atoms with Gasteiger partial charge in [-0.3, -0.25) is 0 Å². The summed E-state index contributed by atoms with van der Waals surface area (Å²) >= 11 is 1.34. The van der Waals surface area contributed by atoms with E-state index in [2.05, 4.69) is 25.6 Å². The Balaban J connectivity index is 1.59. The fourth-order valence-electron chi connectivity index (χ4n) is 2.97. The van der Waals surface area contributed by atoms with E-state index < -0.39 is 0 Å². The van der Waals surface area contributed by atoms with Crippen LogP contribution in [0.4, 0.5) is 4.39 Å². The van der Waals surface area contributed by atoms with Crippen LogP contribution in [-0.4, -0.2) is 34.8 Å². The van der Waals surface area contributed by atoms with Crippen molar-refractivity contribution >= 4 is 16.3 Å². The van der Waals surface area contributed by atoms with E-state index in [0.29, 0.717) is 27.1 Å². The van der Waals surface area contributed by atoms with Crippen molar-refractivity contribution in [1.82, 2.24) is 34.8 Å². The first-order chi connectivity index (χ1) is 13.6. The predicted molar refractivity (Wildman–Crippen MR) is 104 cm³/mol. The van der Waals surface area contributed by atoms with E-state index in [0.717, 1.165) is 11.4 Å². The standard InChI is InChI=1S/C19H14FN7S/c1-11-6-8-15(9-7-11)26-12(2)16(21-25-26)17-22-23-19-27(17)24-18(28-19)13-4-3-5-14(20)10-13/h3-10H,1-2H3. The normalized spacial score (nSPS) is 11.4. The summed E-state index contributed by atoms with van der Waals surface area (Å²) in [5.41, 5.74) is 4.22. The lowest BCUT2D eigenvalue weighted by atomic mass is 10.2. The molecule has 0 radical (unpaired) electrons. The zero-order valence-electron chi connectivity index (χ0n) is 15.0. The van der Waals surface area contributed by atoms with Crippen LogP contribution in [-0.2, 0) is 0 Å². The summed E-state index contributed by atoms with van der Waals surface area (Å²) in [6, 6.07) is 14.4. The van der Waals surface area contributed by atoms with E-state index >= 15 is 0 Å². The van der Waals surface area contributed by atoms with Gasteiger partial charge in [0.15, 0.2) is 5.69 Å². The van der Waals surface area contributed by atoms with E-state index in [1.54, 1.807) is 15.3 Å². The molecule has 2 aromatic carbocycles. The second-order valence-electron chi connectivity index (χ2n) is 6.41. The molecule has 0 N–H and O–H groups in total. The van der Waals surface area contributed by atoms with Crippen LogP contribution < -0.4 is 0 Å². The Kier molecular flexibility index (Phi) is 3.76. The second-order valence-corrected chi connectivity index (χ2v) is 7.36. The third kappa shape index (κ3) is 2.67. The van der Waals surface area contributed by atoms with E-state index in [1.807, 2.05) is 44.2 Å². The minimum Gasteiger partial charge on any atom is -0.217 e. The summed E-state index contributed by atoms with van der Waals surface area (Å²) in [5, 5.41) is 22.2. The van der Waals surface area contributed by atoms with Crippen LogP contribution in [0.5, 0.6) is 0 Å². The van der Waals surface area contributed by atoms with E-state index in [9.17, 15) is 4.39 Å². The molecule has 0 fully saturated rings. The van der Waals surface area contributed by atoms with Gasteiger partial charge in [-0.1, -0.05) is 46.4 Å². The Labute approximate surface area is 163 Å². The molecule has 3 heterocycles. The largest absolute Gasteiger partial charge is 0.235 e. The van der Waals surface area contributed by atoms with Gasteiger partial charge in [0, 0.05) is 5.56 Å². The number of aromatic nitrogens is 7. The summed E-state index contributed by atoms with van der Waals surface area (Å²) in [7, 11) is 0. The molecule has 3 aromatic heterocycles. The van der Waals surface area contributed by atoms with Crippen LogP contribution in [0.25, 0.3) is 32.7 Å². The lowest BCUT2D eigenvalue weighted by Crippen LogP contribution is -1.99. The number of aryl methyl sites for hydroxylation is 1. The molecule has 0 aliphatic carbocycles. The van der Waals surface area contributed by atoms with Gasteiger partial charge in [-0.15, -0.1) is 15.3 Å². The highest BCUT2D eigenvalue weighted by Gasteiger charge is 2.20. The van der Waals surface area contributed by atoms with Gasteiger partial charge in [-0.2, -0.15) is 9.61 Å². The second kappa shape index (κ2) is 6.31. The average Bonchev–Trinajstić information content (AvgIpc) is 3.37. The van der Waals surface area contributed by atoms with Crippen molar-refractivity contribution in [1.29, 1.82) is 0 Å². The first-order valence-corrected chi connectivity index (χ1v) is 9.40. The fraction of sp³-hybridized carbons (Fsp3) is 0.105. The van der Waals surface area contributed by atoms with Gasteiger partial charge in [0.2, 0.25) is 10.8 Å². The molecule has 7 nitrogen and oxygen atoms in total. The number of benzene rings is 2. The lowest BCUT2D eigenvalue weighted by molar-refractivity contribution is 0.628. The summed E-state index contributed by atoms with van der Waals surface area (Å²) in [4.78, 5) is 0.610. The van der Waals surface area contributed by atoms with Crippen LogP contribution >= 0.6 is 11.3 Å². The first-order valence-electron chi connectivity index (χ1n) is 8.58.